The van der Waals surface area contributed by atoms with Crippen LogP contribution in [0.25, 0.3) is 10.2 Å². The number of hydrogen-bond acceptors (Lipinski definition) is 3. The van der Waals surface area contributed by atoms with Crippen molar-refractivity contribution < 1.29 is 0 Å². The molecule has 2 heterocycles. The normalized spacial score (nSPS) is 13.9. The minimum Gasteiger partial charge on any atom is -0.365 e. The molecular formula is C25H37N3OS. The van der Waals surface area contributed by atoms with Gasteiger partial charge in [0.15, 0.2) is 0 Å². The molecule has 0 saturated heterocycles. The molecule has 2 aromatic heterocycles. The summed E-state index contributed by atoms with van der Waals surface area (Å²) in [5, 5.41) is 0. The topological polar surface area (TPSA) is 41.0 Å². The molecule has 5 heteroatoms. The number of hydrogen-bond donors (Lipinski definition) is 1. The van der Waals surface area contributed by atoms with Crippen molar-refractivity contribution in [3.8, 4) is 0 Å². The number of H-pyrrole nitrogens is 1. The lowest BCUT2D eigenvalue weighted by atomic mass is 9.78. The van der Waals surface area contributed by atoms with Gasteiger partial charge in [-0.05, 0) is 88.0 Å². The molecule has 0 aliphatic rings. The Labute approximate surface area is 184 Å². The fraction of sp³-hybridized carbons (Fsp3) is 0.560. The molecule has 0 aliphatic carbocycles. The second-order valence-corrected chi connectivity index (χ2v) is 9.81. The van der Waals surface area contributed by atoms with E-state index >= 15 is 0 Å². The second kappa shape index (κ2) is 10.5. The molecule has 0 fully saturated rings. The van der Waals surface area contributed by atoms with Gasteiger partial charge in [-0.3, -0.25) is 4.79 Å². The fourth-order valence-corrected chi connectivity index (χ4v) is 5.43. The summed E-state index contributed by atoms with van der Waals surface area (Å²) in [5.74, 6) is 0. The van der Waals surface area contributed by atoms with Crippen molar-refractivity contribution in [2.75, 3.05) is 19.6 Å². The van der Waals surface area contributed by atoms with Crippen LogP contribution in [-0.2, 0) is 18.9 Å². The molecule has 3 rings (SSSR count). The van der Waals surface area contributed by atoms with E-state index < -0.39 is 0 Å². The summed E-state index contributed by atoms with van der Waals surface area (Å²) in [4.78, 5) is 18.1. The number of fused-ring (bicyclic) bond motifs is 1. The van der Waals surface area contributed by atoms with Crippen LogP contribution in [0, 0.1) is 0 Å². The van der Waals surface area contributed by atoms with Crippen molar-refractivity contribution in [3.63, 3.8) is 0 Å². The summed E-state index contributed by atoms with van der Waals surface area (Å²) in [5.41, 5.74) is 3.88. The number of aryl methyl sites for hydroxylation is 2. The van der Waals surface area contributed by atoms with Crippen molar-refractivity contribution in [2.45, 2.75) is 64.7 Å². The molecule has 3 aromatic rings. The van der Waals surface area contributed by atoms with Crippen LogP contribution in [0.1, 0.15) is 64.1 Å². The van der Waals surface area contributed by atoms with Gasteiger partial charge in [-0.2, -0.15) is 0 Å². The average molecular weight is 428 g/mol. The van der Waals surface area contributed by atoms with Crippen LogP contribution in [0.2, 0.25) is 0 Å². The average Bonchev–Trinajstić information content (AvgIpc) is 3.36. The Kier molecular flexibility index (Phi) is 7.95. The molecule has 1 N–H and O–H groups in total. The van der Waals surface area contributed by atoms with Gasteiger partial charge in [0, 0.05) is 24.4 Å². The Morgan fingerprint density at radius 3 is 2.53 bits per heavy atom. The van der Waals surface area contributed by atoms with E-state index in [0.717, 1.165) is 36.0 Å². The summed E-state index contributed by atoms with van der Waals surface area (Å²) in [7, 11) is 1.85. The number of nitrogens with zero attached hydrogens (tertiary/aromatic N) is 2. The zero-order valence-corrected chi connectivity index (χ0v) is 19.9. The predicted molar refractivity (Wildman–Crippen MR) is 130 cm³/mol. The third kappa shape index (κ3) is 5.44. The largest absolute Gasteiger partial charge is 0.365 e. The molecular weight excluding hydrogens is 390 g/mol. The highest BCUT2D eigenvalue weighted by Gasteiger charge is 2.27. The summed E-state index contributed by atoms with van der Waals surface area (Å²) in [6.45, 7) is 10.5. The van der Waals surface area contributed by atoms with Crippen LogP contribution in [0.15, 0.2) is 41.3 Å². The summed E-state index contributed by atoms with van der Waals surface area (Å²) < 4.78 is 2.84. The third-order valence-corrected chi connectivity index (χ3v) is 7.35. The SMILES string of the molecule is CCCN(CCC)CCC(C)(CCCc1ccc2c(c1)sc(=O)n2C)c1ccc[nH]1. The van der Waals surface area contributed by atoms with Crippen LogP contribution < -0.4 is 4.87 Å². The highest BCUT2D eigenvalue weighted by Crippen LogP contribution is 2.33. The zero-order chi connectivity index (χ0) is 21.6. The van der Waals surface area contributed by atoms with Gasteiger partial charge in [-0.25, -0.2) is 0 Å². The maximum absolute atomic E-state index is 11.9. The van der Waals surface area contributed by atoms with Gasteiger partial charge in [0.2, 0.25) is 0 Å². The second-order valence-electron chi connectivity index (χ2n) is 8.82. The van der Waals surface area contributed by atoms with Gasteiger partial charge in [0.05, 0.1) is 10.2 Å². The maximum atomic E-state index is 11.9. The van der Waals surface area contributed by atoms with Crippen LogP contribution >= 0.6 is 11.3 Å². The Balaban J connectivity index is 1.66. The number of nitrogens with one attached hydrogen (secondary N) is 1. The van der Waals surface area contributed by atoms with E-state index in [1.807, 2.05) is 7.05 Å². The lowest BCUT2D eigenvalue weighted by molar-refractivity contribution is 0.235. The van der Waals surface area contributed by atoms with E-state index in [1.165, 1.54) is 54.9 Å². The smallest absolute Gasteiger partial charge is 0.307 e. The molecule has 0 saturated carbocycles. The molecule has 0 radical (unpaired) electrons. The first-order valence-corrected chi connectivity index (χ1v) is 12.2. The molecule has 1 aromatic carbocycles. The molecule has 0 spiro atoms. The van der Waals surface area contributed by atoms with Crippen molar-refractivity contribution >= 4 is 21.6 Å². The lowest BCUT2D eigenvalue weighted by Gasteiger charge is -2.32. The van der Waals surface area contributed by atoms with E-state index in [4.69, 9.17) is 0 Å². The van der Waals surface area contributed by atoms with Gasteiger partial charge >= 0.3 is 4.87 Å². The number of rotatable bonds is 12. The number of aromatic nitrogens is 2. The molecule has 4 nitrogen and oxygen atoms in total. The highest BCUT2D eigenvalue weighted by atomic mass is 32.1. The lowest BCUT2D eigenvalue weighted by Crippen LogP contribution is -2.33. The Morgan fingerprint density at radius 2 is 1.87 bits per heavy atom. The Morgan fingerprint density at radius 1 is 1.10 bits per heavy atom. The van der Waals surface area contributed by atoms with E-state index in [0.29, 0.717) is 0 Å². The number of thiazole rings is 1. The standard InChI is InChI=1S/C25H37N3OS/c1-5-16-28(17-6-2)18-14-25(3,23-10-8-15-26-23)13-7-9-20-11-12-21-22(19-20)30-24(29)27(21)4/h8,10-12,15,19,26H,5-7,9,13-14,16-18H2,1-4H3. The van der Waals surface area contributed by atoms with Gasteiger partial charge in [0.25, 0.3) is 0 Å². The number of aromatic amines is 1. The zero-order valence-electron chi connectivity index (χ0n) is 19.0. The summed E-state index contributed by atoms with van der Waals surface area (Å²) >= 11 is 1.35. The first-order chi connectivity index (χ1) is 14.5. The van der Waals surface area contributed by atoms with Crippen molar-refractivity contribution in [1.29, 1.82) is 0 Å². The minimum atomic E-state index is 0.116. The first-order valence-electron chi connectivity index (χ1n) is 11.4. The Hall–Kier alpha value is -1.85. The van der Waals surface area contributed by atoms with E-state index in [1.54, 1.807) is 4.57 Å². The van der Waals surface area contributed by atoms with Crippen molar-refractivity contribution in [3.05, 3.63) is 57.5 Å². The Bertz CT molecular complexity index is 966. The van der Waals surface area contributed by atoms with Crippen molar-refractivity contribution in [1.82, 2.24) is 14.5 Å². The highest BCUT2D eigenvalue weighted by molar-refractivity contribution is 7.16. The molecule has 0 bridgehead atoms. The van der Waals surface area contributed by atoms with Gasteiger partial charge in [-0.15, -0.1) is 0 Å². The summed E-state index contributed by atoms with van der Waals surface area (Å²) in [6.07, 6.45) is 9.00. The van der Waals surface area contributed by atoms with Crippen LogP contribution in [0.3, 0.4) is 0 Å². The molecule has 0 amide bonds. The molecule has 1 unspecified atom stereocenters. The van der Waals surface area contributed by atoms with Crippen LogP contribution in [0.5, 0.6) is 0 Å². The molecule has 1 atom stereocenters. The predicted octanol–water partition coefficient (Wildman–Crippen LogP) is 5.72. The van der Waals surface area contributed by atoms with Gasteiger partial charge in [0.1, 0.15) is 0 Å². The van der Waals surface area contributed by atoms with Gasteiger partial charge < -0.3 is 14.5 Å². The van der Waals surface area contributed by atoms with E-state index in [-0.39, 0.29) is 10.3 Å². The minimum absolute atomic E-state index is 0.116. The van der Waals surface area contributed by atoms with Crippen LogP contribution in [0.4, 0.5) is 0 Å². The fourth-order valence-electron chi connectivity index (χ4n) is 4.49. The molecule has 164 valence electrons. The van der Waals surface area contributed by atoms with E-state index in [9.17, 15) is 4.79 Å². The van der Waals surface area contributed by atoms with Gasteiger partial charge in [-0.1, -0.05) is 38.2 Å². The van der Waals surface area contributed by atoms with Crippen molar-refractivity contribution in [2.24, 2.45) is 7.05 Å². The quantitative estimate of drug-likeness (QED) is 0.401. The third-order valence-electron chi connectivity index (χ3n) is 6.36. The van der Waals surface area contributed by atoms with E-state index in [2.05, 4.69) is 67.2 Å². The summed E-state index contributed by atoms with van der Waals surface area (Å²) in [6, 6.07) is 10.9. The van der Waals surface area contributed by atoms with Crippen LogP contribution in [-0.4, -0.2) is 34.1 Å². The molecule has 0 aliphatic heterocycles. The monoisotopic (exact) mass is 427 g/mol. The number of benzene rings is 1. The first kappa shape index (κ1) is 22.8. The molecule has 30 heavy (non-hydrogen) atoms. The maximum Gasteiger partial charge on any atom is 0.307 e.